The molecule has 2 N–H and O–H groups in total. The Morgan fingerprint density at radius 3 is 2.21 bits per heavy atom. The van der Waals surface area contributed by atoms with Crippen molar-refractivity contribution < 1.29 is 37.7 Å². The van der Waals surface area contributed by atoms with Gasteiger partial charge in [-0.15, -0.1) is 0 Å². The monoisotopic (exact) mass is 539 g/mol. The molecule has 206 valence electrons. The van der Waals surface area contributed by atoms with Crippen LogP contribution in [-0.2, 0) is 11.2 Å². The molecule has 0 spiro atoms. The smallest absolute Gasteiger partial charge is 0.343 e. The molecule has 9 heteroatoms. The van der Waals surface area contributed by atoms with Crippen molar-refractivity contribution >= 4 is 17.8 Å². The molecule has 0 aliphatic carbocycles. The van der Waals surface area contributed by atoms with E-state index in [9.17, 15) is 28.3 Å². The van der Waals surface area contributed by atoms with Gasteiger partial charge in [0.25, 0.3) is 5.91 Å². The minimum atomic E-state index is -1.40. The molecule has 0 unspecified atom stereocenters. The van der Waals surface area contributed by atoms with Gasteiger partial charge in [0, 0.05) is 6.42 Å². The van der Waals surface area contributed by atoms with Crippen LogP contribution in [-0.4, -0.2) is 35.6 Å². The summed E-state index contributed by atoms with van der Waals surface area (Å²) in [5, 5.41) is 11.7. The maximum absolute atomic E-state index is 13.9. The molecule has 0 bridgehead atoms. The average Bonchev–Trinajstić information content (AvgIpc) is 2.92. The van der Waals surface area contributed by atoms with Crippen molar-refractivity contribution in [2.45, 2.75) is 51.5 Å². The van der Waals surface area contributed by atoms with Crippen molar-refractivity contribution in [3.63, 3.8) is 0 Å². The summed E-state index contributed by atoms with van der Waals surface area (Å²) in [6.07, 6.45) is 5.58. The van der Waals surface area contributed by atoms with Gasteiger partial charge in [0.1, 0.15) is 29.2 Å². The van der Waals surface area contributed by atoms with Crippen LogP contribution in [0.4, 0.5) is 8.78 Å². The Kier molecular flexibility index (Phi) is 11.0. The summed E-state index contributed by atoms with van der Waals surface area (Å²) >= 11 is 0. The number of esters is 1. The summed E-state index contributed by atoms with van der Waals surface area (Å²) in [4.78, 5) is 36.5. The lowest BCUT2D eigenvalue weighted by molar-refractivity contribution is -0.139. The van der Waals surface area contributed by atoms with Gasteiger partial charge in [-0.25, -0.2) is 18.4 Å². The van der Waals surface area contributed by atoms with Crippen molar-refractivity contribution in [2.75, 3.05) is 6.61 Å². The summed E-state index contributed by atoms with van der Waals surface area (Å²) in [7, 11) is 0. The van der Waals surface area contributed by atoms with Crippen LogP contribution in [0.2, 0.25) is 0 Å². The minimum absolute atomic E-state index is 0.133. The number of halogens is 2. The van der Waals surface area contributed by atoms with Gasteiger partial charge in [-0.1, -0.05) is 44.7 Å². The van der Waals surface area contributed by atoms with Crippen molar-refractivity contribution in [2.24, 2.45) is 0 Å². The van der Waals surface area contributed by atoms with Gasteiger partial charge in [0.05, 0.1) is 17.7 Å². The highest BCUT2D eigenvalue weighted by molar-refractivity contribution is 5.97. The van der Waals surface area contributed by atoms with E-state index >= 15 is 0 Å². The number of carboxylic acids is 1. The Balaban J connectivity index is 1.52. The molecule has 7 nitrogen and oxygen atoms in total. The molecule has 1 amide bonds. The second-order valence-electron chi connectivity index (χ2n) is 9.01. The number of nitrogens with one attached hydrogen (secondary N) is 1. The molecule has 0 fully saturated rings. The molecule has 0 saturated heterocycles. The summed E-state index contributed by atoms with van der Waals surface area (Å²) in [6.45, 7) is 2.79. The first-order valence-electron chi connectivity index (χ1n) is 12.8. The summed E-state index contributed by atoms with van der Waals surface area (Å²) < 4.78 is 38.3. The lowest BCUT2D eigenvalue weighted by atomic mass is 10.0. The van der Waals surface area contributed by atoms with Crippen LogP contribution < -0.4 is 14.8 Å². The van der Waals surface area contributed by atoms with Crippen LogP contribution in [0.15, 0.2) is 66.7 Å². The highest BCUT2D eigenvalue weighted by Crippen LogP contribution is 2.18. The third kappa shape index (κ3) is 9.21. The first-order valence-corrected chi connectivity index (χ1v) is 12.8. The highest BCUT2D eigenvalue weighted by atomic mass is 19.1. The number of carboxylic acid groups (broad SMARTS) is 1. The van der Waals surface area contributed by atoms with E-state index in [0.29, 0.717) is 29.5 Å². The van der Waals surface area contributed by atoms with Crippen LogP contribution >= 0.6 is 0 Å². The molecule has 0 aromatic heterocycles. The zero-order valence-corrected chi connectivity index (χ0v) is 21.6. The van der Waals surface area contributed by atoms with E-state index in [2.05, 4.69) is 12.2 Å². The highest BCUT2D eigenvalue weighted by Gasteiger charge is 2.23. The van der Waals surface area contributed by atoms with Gasteiger partial charge in [0.15, 0.2) is 0 Å². The quantitative estimate of drug-likeness (QED) is 0.149. The van der Waals surface area contributed by atoms with Gasteiger partial charge in [-0.3, -0.25) is 4.79 Å². The molecular formula is C30H31F2NO6. The van der Waals surface area contributed by atoms with E-state index < -0.39 is 41.1 Å². The van der Waals surface area contributed by atoms with Gasteiger partial charge < -0.3 is 19.9 Å². The molecule has 0 aliphatic heterocycles. The summed E-state index contributed by atoms with van der Waals surface area (Å²) in [6, 6.07) is 13.7. The number of aliphatic carboxylic acids is 1. The molecule has 39 heavy (non-hydrogen) atoms. The van der Waals surface area contributed by atoms with Crippen LogP contribution in [0.25, 0.3) is 0 Å². The minimum Gasteiger partial charge on any atom is -0.494 e. The van der Waals surface area contributed by atoms with E-state index in [1.54, 1.807) is 36.4 Å². The van der Waals surface area contributed by atoms with Gasteiger partial charge in [0.2, 0.25) is 0 Å². The Morgan fingerprint density at radius 2 is 1.54 bits per heavy atom. The van der Waals surface area contributed by atoms with Gasteiger partial charge in [-0.2, -0.15) is 0 Å². The predicted molar refractivity (Wildman–Crippen MR) is 141 cm³/mol. The lowest BCUT2D eigenvalue weighted by Gasteiger charge is -2.15. The van der Waals surface area contributed by atoms with Gasteiger partial charge in [-0.05, 0) is 66.6 Å². The maximum Gasteiger partial charge on any atom is 0.343 e. The SMILES string of the molecule is CCCCCCCOc1ccc(C(=O)Oc2ccc(C[C@H](NC(=O)c3cc(F)ccc3F)C(=O)O)cc2)cc1. The Labute approximate surface area is 225 Å². The molecule has 0 radical (unpaired) electrons. The van der Waals surface area contributed by atoms with E-state index in [1.807, 2.05) is 0 Å². The molecule has 0 heterocycles. The number of ether oxygens (including phenoxy) is 2. The van der Waals surface area contributed by atoms with Crippen LogP contribution in [0.1, 0.15) is 65.3 Å². The first-order chi connectivity index (χ1) is 18.8. The molecule has 0 aliphatic rings. The summed E-state index contributed by atoms with van der Waals surface area (Å²) in [5.74, 6) is -3.84. The fraction of sp³-hybridized carbons (Fsp3) is 0.300. The first kappa shape index (κ1) is 29.3. The number of amides is 1. The molecule has 3 aromatic rings. The van der Waals surface area contributed by atoms with E-state index in [-0.39, 0.29) is 12.2 Å². The fourth-order valence-electron chi connectivity index (χ4n) is 3.79. The molecule has 3 aromatic carbocycles. The molecule has 3 rings (SSSR count). The van der Waals surface area contributed by atoms with Crippen molar-refractivity contribution in [3.8, 4) is 11.5 Å². The maximum atomic E-state index is 13.9. The third-order valence-electron chi connectivity index (χ3n) is 5.96. The largest absolute Gasteiger partial charge is 0.494 e. The zero-order valence-electron chi connectivity index (χ0n) is 21.6. The van der Waals surface area contributed by atoms with Crippen LogP contribution in [0.3, 0.4) is 0 Å². The normalized spacial score (nSPS) is 11.5. The Hall–Kier alpha value is -4.27. The second kappa shape index (κ2) is 14.6. The van der Waals surface area contributed by atoms with Crippen LogP contribution in [0.5, 0.6) is 11.5 Å². The van der Waals surface area contributed by atoms with Gasteiger partial charge >= 0.3 is 11.9 Å². The number of carbonyl (C=O) groups is 3. The van der Waals surface area contributed by atoms with E-state index in [0.717, 1.165) is 25.0 Å². The number of carbonyl (C=O) groups excluding carboxylic acids is 2. The fourth-order valence-corrected chi connectivity index (χ4v) is 3.79. The van der Waals surface area contributed by atoms with Crippen molar-refractivity contribution in [1.82, 2.24) is 5.32 Å². The summed E-state index contributed by atoms with van der Waals surface area (Å²) in [5.41, 5.74) is 0.261. The topological polar surface area (TPSA) is 102 Å². The number of hydrogen-bond acceptors (Lipinski definition) is 5. The predicted octanol–water partition coefficient (Wildman–Crippen LogP) is 5.96. The number of hydrogen-bond donors (Lipinski definition) is 2. The standard InChI is InChI=1S/C30H31F2NO6/c1-2-3-4-5-6-17-38-23-14-9-21(10-15-23)30(37)39-24-12-7-20(8-13-24)18-27(29(35)36)33-28(34)25-19-22(31)11-16-26(25)32/h7-16,19,27H,2-6,17-18H2,1H3,(H,33,34)(H,35,36)/t27-/m0/s1. The number of rotatable bonds is 14. The number of unbranched alkanes of at least 4 members (excludes halogenated alkanes) is 4. The Bertz CT molecular complexity index is 1260. The third-order valence-corrected chi connectivity index (χ3v) is 5.96. The molecule has 0 saturated carbocycles. The van der Waals surface area contributed by atoms with Crippen LogP contribution in [0, 0.1) is 11.6 Å². The lowest BCUT2D eigenvalue weighted by Crippen LogP contribution is -2.42. The Morgan fingerprint density at radius 1 is 0.872 bits per heavy atom. The molecular weight excluding hydrogens is 508 g/mol. The number of benzene rings is 3. The molecule has 1 atom stereocenters. The van der Waals surface area contributed by atoms with E-state index in [1.165, 1.54) is 31.4 Å². The second-order valence-corrected chi connectivity index (χ2v) is 9.01. The van der Waals surface area contributed by atoms with E-state index in [4.69, 9.17) is 9.47 Å². The van der Waals surface area contributed by atoms with Crippen molar-refractivity contribution in [1.29, 1.82) is 0 Å². The van der Waals surface area contributed by atoms with Crippen molar-refractivity contribution in [3.05, 3.63) is 95.1 Å². The zero-order chi connectivity index (χ0) is 28.2. The average molecular weight is 540 g/mol.